The van der Waals surface area contributed by atoms with Gasteiger partial charge in [0.1, 0.15) is 0 Å². The van der Waals surface area contributed by atoms with Crippen LogP contribution in [0.15, 0.2) is 58.8 Å². The van der Waals surface area contributed by atoms with Gasteiger partial charge in [-0.25, -0.2) is 4.79 Å². The van der Waals surface area contributed by atoms with E-state index in [0.29, 0.717) is 23.8 Å². The van der Waals surface area contributed by atoms with Gasteiger partial charge in [-0.15, -0.1) is 0 Å². The molecule has 7 heteroatoms. The van der Waals surface area contributed by atoms with Crippen LogP contribution in [0.2, 0.25) is 38.8 Å². The van der Waals surface area contributed by atoms with Crippen LogP contribution in [0.25, 0.3) is 0 Å². The van der Waals surface area contributed by atoms with Gasteiger partial charge in [0.05, 0.1) is 23.5 Å². The Morgan fingerprint density at radius 3 is 1.81 bits per heavy atom. The number of hydrogen-bond donors (Lipinski definition) is 0. The largest absolute Gasteiger partial charge is 0.462 e. The summed E-state index contributed by atoms with van der Waals surface area (Å²) in [5, 5.41) is 8.70. The van der Waals surface area contributed by atoms with Gasteiger partial charge in [0.2, 0.25) is 0 Å². The number of unbranched alkanes of at least 4 members (excludes halogenated alkanes) is 8. The molecule has 0 spiro atoms. The maximum absolute atomic E-state index is 12.3. The first-order valence-corrected chi connectivity index (χ1v) is 23.0. The van der Waals surface area contributed by atoms with Crippen molar-refractivity contribution in [3.63, 3.8) is 0 Å². The number of benzene rings is 2. The Morgan fingerprint density at radius 1 is 0.738 bits per heavy atom. The van der Waals surface area contributed by atoms with E-state index in [2.05, 4.69) is 68.9 Å². The zero-order valence-electron chi connectivity index (χ0n) is 27.7. The molecule has 1 atom stereocenters. The Hall–Kier alpha value is -2.10. The second-order valence-electron chi connectivity index (χ2n) is 13.6. The number of esters is 1. The topological polar surface area (TPSA) is 60.2 Å². The maximum atomic E-state index is 12.3. The van der Waals surface area contributed by atoms with E-state index in [9.17, 15) is 4.79 Å². The van der Waals surface area contributed by atoms with Crippen molar-refractivity contribution in [2.24, 2.45) is 16.1 Å². The van der Waals surface area contributed by atoms with Crippen molar-refractivity contribution in [2.75, 3.05) is 6.61 Å². The number of azo groups is 1. The Bertz CT molecular complexity index is 1050. The molecule has 0 aliphatic rings. The first-order chi connectivity index (χ1) is 20.0. The molecule has 0 saturated carbocycles. The predicted molar refractivity (Wildman–Crippen MR) is 183 cm³/mol. The molecule has 0 heterocycles. The van der Waals surface area contributed by atoms with Crippen molar-refractivity contribution in [1.29, 1.82) is 0 Å². The molecule has 2 aromatic rings. The summed E-state index contributed by atoms with van der Waals surface area (Å²) in [5.74, 6) is 0.107. The van der Waals surface area contributed by atoms with Crippen LogP contribution in [0.5, 0.6) is 0 Å². The average Bonchev–Trinajstić information content (AvgIpc) is 2.94. The summed E-state index contributed by atoms with van der Waals surface area (Å²) >= 11 is 0. The van der Waals surface area contributed by atoms with Gasteiger partial charge in [-0.2, -0.15) is 10.2 Å². The molecule has 0 aromatic heterocycles. The van der Waals surface area contributed by atoms with E-state index in [1.54, 1.807) is 12.1 Å². The van der Waals surface area contributed by atoms with Crippen LogP contribution in [-0.4, -0.2) is 29.2 Å². The van der Waals surface area contributed by atoms with E-state index >= 15 is 0 Å². The van der Waals surface area contributed by atoms with Crippen molar-refractivity contribution in [3.8, 4) is 0 Å². The lowest BCUT2D eigenvalue weighted by atomic mass is 10.0. The second-order valence-corrected chi connectivity index (χ2v) is 22.6. The molecule has 0 amide bonds. The predicted octanol–water partition coefficient (Wildman–Crippen LogP) is 11.8. The number of ether oxygens (including phenoxy) is 1. The molecule has 0 unspecified atom stereocenters. The van der Waals surface area contributed by atoms with Gasteiger partial charge < -0.3 is 8.85 Å². The van der Waals surface area contributed by atoms with Crippen LogP contribution in [0.1, 0.15) is 100 Å². The number of carbonyl (C=O) groups excluding carboxylic acids is 1. The quantitative estimate of drug-likeness (QED) is 0.0611. The molecule has 2 rings (SSSR count). The van der Waals surface area contributed by atoms with Crippen LogP contribution < -0.4 is 0 Å². The second kappa shape index (κ2) is 19.2. The van der Waals surface area contributed by atoms with Crippen molar-refractivity contribution in [3.05, 3.63) is 59.7 Å². The van der Waals surface area contributed by atoms with Crippen molar-refractivity contribution in [1.82, 2.24) is 0 Å². The molecule has 0 bridgehead atoms. The molecule has 234 valence electrons. The summed E-state index contributed by atoms with van der Waals surface area (Å²) in [4.78, 5) is 12.3. The number of rotatable bonds is 21. The lowest BCUT2D eigenvalue weighted by molar-refractivity contribution is 0.0443. The summed E-state index contributed by atoms with van der Waals surface area (Å²) in [7, 11) is -2.86. The van der Waals surface area contributed by atoms with E-state index in [4.69, 9.17) is 8.85 Å². The zero-order valence-corrected chi connectivity index (χ0v) is 29.7. The van der Waals surface area contributed by atoms with E-state index in [0.717, 1.165) is 31.4 Å². The number of hydrogen-bond acceptors (Lipinski definition) is 5. The fourth-order valence-electron chi connectivity index (χ4n) is 5.27. The number of nitrogens with zero attached hydrogens (tertiary/aromatic N) is 2. The Morgan fingerprint density at radius 2 is 1.26 bits per heavy atom. The van der Waals surface area contributed by atoms with Gasteiger partial charge in [-0.3, -0.25) is 0 Å². The van der Waals surface area contributed by atoms with E-state index in [1.165, 1.54) is 63.0 Å². The smallest absolute Gasteiger partial charge is 0.338 e. The fourth-order valence-corrected chi connectivity index (χ4v) is 13.4. The molecule has 0 saturated heterocycles. The van der Waals surface area contributed by atoms with Crippen LogP contribution in [0.4, 0.5) is 11.4 Å². The third-order valence-corrected chi connectivity index (χ3v) is 13.7. The van der Waals surface area contributed by atoms with Gasteiger partial charge in [0.25, 0.3) is 0 Å². The Kier molecular flexibility index (Phi) is 16.5. The molecule has 42 heavy (non-hydrogen) atoms. The van der Waals surface area contributed by atoms with Crippen LogP contribution in [0, 0.1) is 5.92 Å². The Balaban J connectivity index is 1.59. The highest BCUT2D eigenvalue weighted by Crippen LogP contribution is 2.23. The van der Waals surface area contributed by atoms with Crippen molar-refractivity contribution < 1.29 is 13.6 Å². The molecule has 5 nitrogen and oxygen atoms in total. The lowest BCUT2D eigenvalue weighted by Gasteiger charge is -2.31. The molecule has 0 aliphatic carbocycles. The lowest BCUT2D eigenvalue weighted by Crippen LogP contribution is -2.42. The van der Waals surface area contributed by atoms with Gasteiger partial charge >= 0.3 is 5.97 Å². The van der Waals surface area contributed by atoms with E-state index in [-0.39, 0.29) is 5.97 Å². The van der Waals surface area contributed by atoms with Crippen molar-refractivity contribution >= 4 is 34.0 Å². The SMILES string of the molecule is CCCC[C@H](C)COC(=O)c1ccc(N=Nc2ccc(CCCCCCCCCC[Si](C)(C)O[Si](C)(C)C)cc2)cc1. The molecule has 0 N–H and O–H groups in total. The summed E-state index contributed by atoms with van der Waals surface area (Å²) in [6, 6.07) is 16.8. The first kappa shape index (κ1) is 36.1. The van der Waals surface area contributed by atoms with Crippen LogP contribution >= 0.6 is 0 Å². The molecular weight excluding hydrogens is 553 g/mol. The van der Waals surface area contributed by atoms with Gasteiger partial charge in [-0.05, 0) is 106 Å². The minimum atomic E-state index is -1.46. The van der Waals surface area contributed by atoms with E-state index in [1.807, 2.05) is 24.3 Å². The highest BCUT2D eigenvalue weighted by atomic mass is 28.4. The number of carbonyl (C=O) groups is 1. The monoisotopic (exact) mass is 610 g/mol. The van der Waals surface area contributed by atoms with Gasteiger partial charge in [0.15, 0.2) is 16.6 Å². The zero-order chi connectivity index (χ0) is 30.8. The standard InChI is InChI=1S/C35H58N2O3Si2/c1-8-9-18-30(2)29-39-35(38)32-22-26-34(27-23-32)37-36-33-24-20-31(21-25-33)19-16-14-12-10-11-13-15-17-28-42(6,7)40-41(3,4)5/h20-27,30H,8-19,28-29H2,1-7H3/t30-/m0/s1. The summed E-state index contributed by atoms with van der Waals surface area (Å²) in [6.45, 7) is 16.5. The molecule has 0 radical (unpaired) electrons. The fraction of sp³-hybridized carbons (Fsp3) is 0.629. The minimum absolute atomic E-state index is 0.280. The first-order valence-electron chi connectivity index (χ1n) is 16.5. The van der Waals surface area contributed by atoms with Gasteiger partial charge in [-0.1, -0.05) is 83.8 Å². The summed E-state index contributed by atoms with van der Waals surface area (Å²) in [5.41, 5.74) is 3.45. The normalized spacial score (nSPS) is 13.0. The average molecular weight is 611 g/mol. The Labute approximate surface area is 259 Å². The summed E-state index contributed by atoms with van der Waals surface area (Å²) in [6.07, 6.45) is 15.2. The van der Waals surface area contributed by atoms with Crippen molar-refractivity contribution in [2.45, 2.75) is 130 Å². The summed E-state index contributed by atoms with van der Waals surface area (Å²) < 4.78 is 11.9. The molecular formula is C35H58N2O3Si2. The maximum Gasteiger partial charge on any atom is 0.338 e. The third kappa shape index (κ3) is 16.5. The molecule has 0 aliphatic heterocycles. The highest BCUT2D eigenvalue weighted by molar-refractivity contribution is 6.84. The number of aryl methyl sites for hydroxylation is 1. The molecule has 2 aromatic carbocycles. The van der Waals surface area contributed by atoms with E-state index < -0.39 is 16.6 Å². The third-order valence-electron chi connectivity index (χ3n) is 7.45. The molecule has 0 fully saturated rings. The minimum Gasteiger partial charge on any atom is -0.462 e. The highest BCUT2D eigenvalue weighted by Gasteiger charge is 2.28. The van der Waals surface area contributed by atoms with Crippen LogP contribution in [0.3, 0.4) is 0 Å². The van der Waals surface area contributed by atoms with Gasteiger partial charge in [0, 0.05) is 0 Å². The van der Waals surface area contributed by atoms with Crippen LogP contribution in [-0.2, 0) is 15.3 Å².